The van der Waals surface area contributed by atoms with Crippen LogP contribution in [0.25, 0.3) is 0 Å². The van der Waals surface area contributed by atoms with Gasteiger partial charge in [0.2, 0.25) is 10.0 Å². The van der Waals surface area contributed by atoms with Gasteiger partial charge < -0.3 is 5.32 Å². The molecule has 2 aromatic rings. The fourth-order valence-corrected chi connectivity index (χ4v) is 4.59. The topological polar surface area (TPSA) is 88.1 Å². The van der Waals surface area contributed by atoms with Crippen LogP contribution < -0.4 is 5.32 Å². The molecule has 0 amide bonds. The van der Waals surface area contributed by atoms with Crippen molar-refractivity contribution in [2.24, 2.45) is 0 Å². The van der Waals surface area contributed by atoms with Gasteiger partial charge in [0.25, 0.3) is 0 Å². The molecule has 0 bridgehead atoms. The fourth-order valence-electron chi connectivity index (χ4n) is 2.78. The summed E-state index contributed by atoms with van der Waals surface area (Å²) in [6.45, 7) is 4.34. The second-order valence-electron chi connectivity index (χ2n) is 5.66. The highest BCUT2D eigenvalue weighted by Crippen LogP contribution is 2.34. The number of thiazole rings is 1. The molecule has 23 heavy (non-hydrogen) atoms. The number of hydrogen-bond acceptors (Lipinski definition) is 7. The predicted molar refractivity (Wildman–Crippen MR) is 90.4 cm³/mol. The van der Waals surface area contributed by atoms with Crippen molar-refractivity contribution in [2.45, 2.75) is 32.7 Å². The highest BCUT2D eigenvalue weighted by Gasteiger charge is 2.33. The van der Waals surface area contributed by atoms with Crippen LogP contribution in [0, 0.1) is 13.8 Å². The monoisotopic (exact) mass is 353 g/mol. The molecule has 3 heterocycles. The van der Waals surface area contributed by atoms with Gasteiger partial charge in [0.05, 0.1) is 18.0 Å². The lowest BCUT2D eigenvalue weighted by Gasteiger charge is -2.22. The van der Waals surface area contributed by atoms with Crippen molar-refractivity contribution in [1.29, 1.82) is 0 Å². The summed E-state index contributed by atoms with van der Waals surface area (Å²) in [4.78, 5) is 14.2. The van der Waals surface area contributed by atoms with E-state index in [4.69, 9.17) is 0 Å². The van der Waals surface area contributed by atoms with Crippen LogP contribution in [-0.2, 0) is 10.0 Å². The summed E-state index contributed by atoms with van der Waals surface area (Å²) in [5, 5.41) is 3.93. The maximum Gasteiger partial charge on any atom is 0.211 e. The first-order valence-electron chi connectivity index (χ1n) is 7.35. The van der Waals surface area contributed by atoms with E-state index in [-0.39, 0.29) is 6.04 Å². The van der Waals surface area contributed by atoms with Gasteiger partial charge in [-0.15, -0.1) is 11.3 Å². The summed E-state index contributed by atoms with van der Waals surface area (Å²) in [7, 11) is -3.24. The normalized spacial score (nSPS) is 19.2. The van der Waals surface area contributed by atoms with E-state index in [9.17, 15) is 8.42 Å². The molecule has 0 spiro atoms. The Morgan fingerprint density at radius 2 is 2.13 bits per heavy atom. The molecular weight excluding hydrogens is 334 g/mol. The number of anilines is 2. The zero-order valence-corrected chi connectivity index (χ0v) is 14.9. The van der Waals surface area contributed by atoms with E-state index in [2.05, 4.69) is 20.3 Å². The number of nitrogens with one attached hydrogen (secondary N) is 1. The Morgan fingerprint density at radius 1 is 1.35 bits per heavy atom. The average Bonchev–Trinajstić information content (AvgIpc) is 3.06. The van der Waals surface area contributed by atoms with Gasteiger partial charge in [0, 0.05) is 23.7 Å². The SMILES string of the molecule is Cc1nc(Nc2ncc(C)s2)cc([C@@H]2CCCN2S(C)(=O)=O)n1. The maximum atomic E-state index is 11.9. The number of aryl methyl sites for hydroxylation is 2. The molecule has 0 unspecified atom stereocenters. The van der Waals surface area contributed by atoms with Gasteiger partial charge in [-0.2, -0.15) is 4.31 Å². The van der Waals surface area contributed by atoms with Crippen molar-refractivity contribution in [2.75, 3.05) is 18.1 Å². The lowest BCUT2D eigenvalue weighted by atomic mass is 10.1. The van der Waals surface area contributed by atoms with E-state index >= 15 is 0 Å². The Morgan fingerprint density at radius 3 is 2.78 bits per heavy atom. The highest BCUT2D eigenvalue weighted by molar-refractivity contribution is 7.88. The number of sulfonamides is 1. The summed E-state index contributed by atoms with van der Waals surface area (Å²) in [6, 6.07) is 1.60. The van der Waals surface area contributed by atoms with Crippen LogP contribution in [0.15, 0.2) is 12.3 Å². The second-order valence-corrected chi connectivity index (χ2v) is 8.83. The zero-order valence-electron chi connectivity index (χ0n) is 13.3. The van der Waals surface area contributed by atoms with E-state index < -0.39 is 10.0 Å². The molecule has 1 aliphatic heterocycles. The molecular formula is C14H19N5O2S2. The van der Waals surface area contributed by atoms with E-state index in [0.29, 0.717) is 18.2 Å². The Kier molecular flexibility index (Phi) is 4.35. The zero-order chi connectivity index (χ0) is 16.6. The largest absolute Gasteiger partial charge is 0.316 e. The van der Waals surface area contributed by atoms with Gasteiger partial charge in [0.1, 0.15) is 11.6 Å². The van der Waals surface area contributed by atoms with Gasteiger partial charge in [-0.3, -0.25) is 0 Å². The van der Waals surface area contributed by atoms with Crippen molar-refractivity contribution >= 4 is 32.3 Å². The standard InChI is InChI=1S/C14H19N5O2S2/c1-9-8-15-14(22-9)18-13-7-11(16-10(2)17-13)12-5-4-6-19(12)23(3,20)21/h7-8,12H,4-6H2,1-3H3,(H,15,16,17,18)/t12-/m0/s1. The van der Waals surface area contributed by atoms with Crippen LogP contribution in [0.4, 0.5) is 10.9 Å². The second kappa shape index (κ2) is 6.14. The van der Waals surface area contributed by atoms with E-state index in [1.165, 1.54) is 10.6 Å². The molecule has 1 atom stereocenters. The smallest absolute Gasteiger partial charge is 0.211 e. The quantitative estimate of drug-likeness (QED) is 0.908. The molecule has 0 aliphatic carbocycles. The molecule has 3 rings (SSSR count). The van der Waals surface area contributed by atoms with E-state index in [0.717, 1.165) is 28.5 Å². The first kappa shape index (κ1) is 16.3. The molecule has 1 aliphatic rings. The Balaban J connectivity index is 1.91. The van der Waals surface area contributed by atoms with Gasteiger partial charge in [0.15, 0.2) is 5.13 Å². The Labute approximate surface area is 139 Å². The van der Waals surface area contributed by atoms with Crippen molar-refractivity contribution in [3.63, 3.8) is 0 Å². The van der Waals surface area contributed by atoms with Crippen LogP contribution in [0.2, 0.25) is 0 Å². The van der Waals surface area contributed by atoms with Gasteiger partial charge >= 0.3 is 0 Å². The summed E-state index contributed by atoms with van der Waals surface area (Å²) in [6.07, 6.45) is 4.66. The number of nitrogens with zero attached hydrogens (tertiary/aromatic N) is 4. The first-order valence-corrected chi connectivity index (χ1v) is 10.0. The maximum absolute atomic E-state index is 11.9. The molecule has 1 saturated heterocycles. The Hall–Kier alpha value is -1.58. The molecule has 124 valence electrons. The van der Waals surface area contributed by atoms with Crippen molar-refractivity contribution in [1.82, 2.24) is 19.3 Å². The van der Waals surface area contributed by atoms with Crippen molar-refractivity contribution in [3.05, 3.63) is 28.7 Å². The molecule has 0 aromatic carbocycles. The highest BCUT2D eigenvalue weighted by atomic mass is 32.2. The van der Waals surface area contributed by atoms with Crippen molar-refractivity contribution < 1.29 is 8.42 Å². The number of aromatic nitrogens is 3. The van der Waals surface area contributed by atoms with Gasteiger partial charge in [-0.1, -0.05) is 0 Å². The Bertz CT molecular complexity index is 818. The van der Waals surface area contributed by atoms with Crippen LogP contribution in [0.3, 0.4) is 0 Å². The third-order valence-corrected chi connectivity index (χ3v) is 5.80. The van der Waals surface area contributed by atoms with Crippen LogP contribution in [0.5, 0.6) is 0 Å². The molecule has 9 heteroatoms. The molecule has 0 radical (unpaired) electrons. The summed E-state index contributed by atoms with van der Waals surface area (Å²) < 4.78 is 25.4. The lowest BCUT2D eigenvalue weighted by Crippen LogP contribution is -2.30. The van der Waals surface area contributed by atoms with Crippen LogP contribution in [0.1, 0.15) is 35.3 Å². The van der Waals surface area contributed by atoms with E-state index in [1.807, 2.05) is 19.9 Å². The third kappa shape index (κ3) is 3.67. The molecule has 1 fully saturated rings. The number of hydrogen-bond donors (Lipinski definition) is 1. The van der Waals surface area contributed by atoms with Crippen molar-refractivity contribution in [3.8, 4) is 0 Å². The van der Waals surface area contributed by atoms with Crippen LogP contribution >= 0.6 is 11.3 Å². The summed E-state index contributed by atoms with van der Waals surface area (Å²) in [5.41, 5.74) is 0.733. The van der Waals surface area contributed by atoms with Gasteiger partial charge in [-0.05, 0) is 26.7 Å². The summed E-state index contributed by atoms with van der Waals surface area (Å²) >= 11 is 1.54. The van der Waals surface area contributed by atoms with Gasteiger partial charge in [-0.25, -0.2) is 23.4 Å². The average molecular weight is 353 g/mol. The minimum Gasteiger partial charge on any atom is -0.316 e. The minimum absolute atomic E-state index is 0.217. The molecule has 2 aromatic heterocycles. The molecule has 7 nitrogen and oxygen atoms in total. The molecule has 1 N–H and O–H groups in total. The lowest BCUT2D eigenvalue weighted by molar-refractivity contribution is 0.393. The fraction of sp³-hybridized carbons (Fsp3) is 0.500. The summed E-state index contributed by atoms with van der Waals surface area (Å²) in [5.74, 6) is 1.25. The first-order chi connectivity index (χ1) is 10.8. The van der Waals surface area contributed by atoms with Crippen LogP contribution in [-0.4, -0.2) is 40.5 Å². The van der Waals surface area contributed by atoms with E-state index in [1.54, 1.807) is 17.5 Å². The predicted octanol–water partition coefficient (Wildman–Crippen LogP) is 2.39. The molecule has 0 saturated carbocycles. The number of rotatable bonds is 4. The minimum atomic E-state index is -3.24. The third-order valence-electron chi connectivity index (χ3n) is 3.69.